The lowest BCUT2D eigenvalue weighted by Gasteiger charge is -2.04. The van der Waals surface area contributed by atoms with E-state index in [1.54, 1.807) is 0 Å². The van der Waals surface area contributed by atoms with Gasteiger partial charge < -0.3 is 10.4 Å². The van der Waals surface area contributed by atoms with Gasteiger partial charge in [-0.3, -0.25) is 4.79 Å². The second-order valence-electron chi connectivity index (χ2n) is 2.11. The third-order valence-corrected chi connectivity index (χ3v) is 1.92. The summed E-state index contributed by atoms with van der Waals surface area (Å²) in [6.07, 6.45) is 1.30. The number of aromatic nitrogens is 2. The van der Waals surface area contributed by atoms with E-state index in [4.69, 9.17) is 28.3 Å². The van der Waals surface area contributed by atoms with Crippen LogP contribution in [0.1, 0.15) is 0 Å². The van der Waals surface area contributed by atoms with E-state index < -0.39 is 5.97 Å². The van der Waals surface area contributed by atoms with E-state index in [0.29, 0.717) is 5.69 Å². The number of carbonyl (C=O) groups is 1. The zero-order valence-corrected chi connectivity index (χ0v) is 7.80. The summed E-state index contributed by atoms with van der Waals surface area (Å²) in [7, 11) is 0. The molecule has 70 valence electrons. The van der Waals surface area contributed by atoms with Crippen molar-refractivity contribution in [2.24, 2.45) is 0 Å². The summed E-state index contributed by atoms with van der Waals surface area (Å²) < 4.78 is 0. The zero-order valence-electron chi connectivity index (χ0n) is 6.29. The molecule has 0 aliphatic rings. The van der Waals surface area contributed by atoms with Gasteiger partial charge in [0.1, 0.15) is 11.6 Å². The van der Waals surface area contributed by atoms with Crippen molar-refractivity contribution in [1.29, 1.82) is 0 Å². The van der Waals surface area contributed by atoms with Crippen LogP contribution in [0.2, 0.25) is 10.2 Å². The van der Waals surface area contributed by atoms with Gasteiger partial charge >= 0.3 is 5.97 Å². The number of hydrogen-bond acceptors (Lipinski definition) is 4. The van der Waals surface area contributed by atoms with Crippen molar-refractivity contribution >= 4 is 34.9 Å². The SMILES string of the molecule is O=C(O)CNc1cnnc(Cl)c1Cl. The third-order valence-electron chi connectivity index (χ3n) is 1.18. The molecular formula is C6H5Cl2N3O2. The van der Waals surface area contributed by atoms with Crippen LogP contribution in [0.5, 0.6) is 0 Å². The van der Waals surface area contributed by atoms with Gasteiger partial charge in [0.05, 0.1) is 11.9 Å². The van der Waals surface area contributed by atoms with Crippen molar-refractivity contribution in [3.8, 4) is 0 Å². The maximum Gasteiger partial charge on any atom is 0.322 e. The van der Waals surface area contributed by atoms with Gasteiger partial charge in [-0.15, -0.1) is 5.10 Å². The quantitative estimate of drug-likeness (QED) is 0.805. The molecule has 1 rings (SSSR count). The fourth-order valence-electron chi connectivity index (χ4n) is 0.643. The molecule has 0 radical (unpaired) electrons. The minimum atomic E-state index is -0.996. The van der Waals surface area contributed by atoms with Gasteiger partial charge in [-0.1, -0.05) is 23.2 Å². The second kappa shape index (κ2) is 4.25. The second-order valence-corrected chi connectivity index (χ2v) is 2.85. The number of nitrogens with zero attached hydrogens (tertiary/aromatic N) is 2. The summed E-state index contributed by atoms with van der Waals surface area (Å²) in [6.45, 7) is -0.248. The summed E-state index contributed by atoms with van der Waals surface area (Å²) in [4.78, 5) is 10.2. The molecule has 5 nitrogen and oxygen atoms in total. The molecule has 0 atom stereocenters. The predicted octanol–water partition coefficient (Wildman–Crippen LogP) is 1.28. The Balaban J connectivity index is 2.77. The van der Waals surface area contributed by atoms with Crippen molar-refractivity contribution in [3.63, 3.8) is 0 Å². The number of nitrogens with one attached hydrogen (secondary N) is 1. The summed E-state index contributed by atoms with van der Waals surface area (Å²) in [5.74, 6) is -0.996. The maximum atomic E-state index is 10.2. The molecule has 0 aromatic carbocycles. The van der Waals surface area contributed by atoms with Crippen LogP contribution >= 0.6 is 23.2 Å². The molecule has 0 saturated heterocycles. The van der Waals surface area contributed by atoms with Crippen molar-refractivity contribution < 1.29 is 9.90 Å². The number of carboxylic acid groups (broad SMARTS) is 1. The highest BCUT2D eigenvalue weighted by Crippen LogP contribution is 2.25. The van der Waals surface area contributed by atoms with Crippen molar-refractivity contribution in [1.82, 2.24) is 10.2 Å². The fraction of sp³-hybridized carbons (Fsp3) is 0.167. The van der Waals surface area contributed by atoms with E-state index in [-0.39, 0.29) is 16.7 Å². The van der Waals surface area contributed by atoms with Crippen LogP contribution in [0.15, 0.2) is 6.20 Å². The Morgan fingerprint density at radius 3 is 2.92 bits per heavy atom. The van der Waals surface area contributed by atoms with Crippen LogP contribution in [-0.4, -0.2) is 27.8 Å². The lowest BCUT2D eigenvalue weighted by Crippen LogP contribution is -2.12. The molecular weight excluding hydrogens is 217 g/mol. The van der Waals surface area contributed by atoms with E-state index in [1.165, 1.54) is 6.20 Å². The van der Waals surface area contributed by atoms with Gasteiger partial charge in [0, 0.05) is 0 Å². The minimum Gasteiger partial charge on any atom is -0.480 e. The molecule has 0 unspecified atom stereocenters. The van der Waals surface area contributed by atoms with Crippen LogP contribution < -0.4 is 5.32 Å². The van der Waals surface area contributed by atoms with Crippen molar-refractivity contribution in [2.45, 2.75) is 0 Å². The summed E-state index contributed by atoms with van der Waals surface area (Å²) in [5, 5.41) is 18.1. The van der Waals surface area contributed by atoms with Crippen LogP contribution in [0.25, 0.3) is 0 Å². The van der Waals surface area contributed by atoms with Crippen molar-refractivity contribution in [2.75, 3.05) is 11.9 Å². The van der Waals surface area contributed by atoms with Gasteiger partial charge in [-0.25, -0.2) is 0 Å². The zero-order chi connectivity index (χ0) is 9.84. The number of anilines is 1. The highest BCUT2D eigenvalue weighted by Gasteiger charge is 2.06. The highest BCUT2D eigenvalue weighted by atomic mass is 35.5. The number of hydrogen-bond donors (Lipinski definition) is 2. The Labute approximate surface area is 83.7 Å². The molecule has 13 heavy (non-hydrogen) atoms. The average molecular weight is 222 g/mol. The maximum absolute atomic E-state index is 10.2. The molecule has 2 N–H and O–H groups in total. The van der Waals surface area contributed by atoms with Gasteiger partial charge in [0.25, 0.3) is 0 Å². The molecule has 0 aliphatic carbocycles. The Bertz CT molecular complexity index is 332. The lowest BCUT2D eigenvalue weighted by atomic mass is 10.4. The molecule has 0 bridgehead atoms. The molecule has 0 amide bonds. The summed E-state index contributed by atoms with van der Waals surface area (Å²) >= 11 is 11.2. The van der Waals surface area contributed by atoms with Crippen LogP contribution in [0.4, 0.5) is 5.69 Å². The Morgan fingerprint density at radius 2 is 2.31 bits per heavy atom. The smallest absolute Gasteiger partial charge is 0.322 e. The molecule has 1 heterocycles. The van der Waals surface area contributed by atoms with E-state index in [9.17, 15) is 4.79 Å². The fourth-order valence-corrected chi connectivity index (χ4v) is 0.942. The number of carboxylic acids is 1. The molecule has 1 aromatic rings. The van der Waals surface area contributed by atoms with Gasteiger partial charge in [-0.05, 0) is 0 Å². The predicted molar refractivity (Wildman–Crippen MR) is 48.2 cm³/mol. The summed E-state index contributed by atoms with van der Waals surface area (Å²) in [5.41, 5.74) is 0.351. The Hall–Kier alpha value is -1.07. The molecule has 0 spiro atoms. The Morgan fingerprint density at radius 1 is 1.62 bits per heavy atom. The van der Waals surface area contributed by atoms with E-state index in [2.05, 4.69) is 15.5 Å². The monoisotopic (exact) mass is 221 g/mol. The van der Waals surface area contributed by atoms with Gasteiger partial charge in [-0.2, -0.15) is 5.10 Å². The molecule has 0 aliphatic heterocycles. The first kappa shape index (κ1) is 10.0. The number of rotatable bonds is 3. The van der Waals surface area contributed by atoms with Gasteiger partial charge in [0.15, 0.2) is 5.15 Å². The van der Waals surface area contributed by atoms with Gasteiger partial charge in [0.2, 0.25) is 0 Å². The highest BCUT2D eigenvalue weighted by molar-refractivity contribution is 6.42. The molecule has 0 saturated carbocycles. The Kier molecular flexibility index (Phi) is 3.27. The first-order valence-corrected chi connectivity index (χ1v) is 3.99. The normalized spacial score (nSPS) is 9.69. The number of aliphatic carboxylic acids is 1. The minimum absolute atomic E-state index is 0.0389. The molecule has 7 heteroatoms. The van der Waals surface area contributed by atoms with Crippen molar-refractivity contribution in [3.05, 3.63) is 16.4 Å². The molecule has 0 fully saturated rings. The third kappa shape index (κ3) is 2.71. The first-order valence-electron chi connectivity index (χ1n) is 3.23. The van der Waals surface area contributed by atoms with E-state index >= 15 is 0 Å². The first-order chi connectivity index (χ1) is 6.11. The van der Waals surface area contributed by atoms with E-state index in [0.717, 1.165) is 0 Å². The van der Waals surface area contributed by atoms with Crippen LogP contribution in [0.3, 0.4) is 0 Å². The van der Waals surface area contributed by atoms with E-state index in [1.807, 2.05) is 0 Å². The summed E-state index contributed by atoms with van der Waals surface area (Å²) in [6, 6.07) is 0. The largest absolute Gasteiger partial charge is 0.480 e. The van der Waals surface area contributed by atoms with Crippen LogP contribution in [-0.2, 0) is 4.79 Å². The standard InChI is InChI=1S/C6H5Cl2N3O2/c7-5-3(9-2-4(12)13)1-10-11-6(5)8/h1H,2H2,(H,9,11)(H,12,13). The van der Waals surface area contributed by atoms with Crippen LogP contribution in [0, 0.1) is 0 Å². The molecule has 1 aromatic heterocycles. The lowest BCUT2D eigenvalue weighted by molar-refractivity contribution is -0.134. The number of halogens is 2. The topological polar surface area (TPSA) is 75.1 Å². The average Bonchev–Trinajstić information content (AvgIpc) is 2.07.